The second-order valence-electron chi connectivity index (χ2n) is 18.2. The van der Waals surface area contributed by atoms with Gasteiger partial charge in [0.1, 0.15) is 11.0 Å². The van der Waals surface area contributed by atoms with Crippen molar-refractivity contribution in [2.45, 2.75) is 41.5 Å². The van der Waals surface area contributed by atoms with Gasteiger partial charge in [-0.05, 0) is 129 Å². The molecule has 2 saturated heterocycles. The first-order chi connectivity index (χ1) is 34.1. The second kappa shape index (κ2) is 21.4. The number of hydrogen-bond acceptors (Lipinski definition) is 10. The van der Waals surface area contributed by atoms with Crippen molar-refractivity contribution >= 4 is 56.6 Å². The van der Waals surface area contributed by atoms with E-state index in [4.69, 9.17) is 0 Å². The molecule has 70 heavy (non-hydrogen) atoms. The number of hydrogen-bond donors (Lipinski definition) is 2. The molecule has 0 radical (unpaired) electrons. The number of rotatable bonds is 10. The van der Waals surface area contributed by atoms with Gasteiger partial charge in [-0.2, -0.15) is 0 Å². The fourth-order valence-electron chi connectivity index (χ4n) is 9.94. The number of aryl methyl sites for hydroxylation is 4. The number of nitrogens with zero attached hydrogens (tertiary/aromatic N) is 8. The highest BCUT2D eigenvalue weighted by Gasteiger charge is 2.22. The SMILES string of the molecule is CCN1CCN(c2ccc(NC(=O)c3ccc(-c4c(C)cccc4C)c4nccnc34)cc2)CC1.CCN1CCN(c2cccc(NC(=O)c3ccc(-c4c(C)cccc4C)c4nccnc34)c2)CC1. The van der Waals surface area contributed by atoms with E-state index in [1.165, 1.54) is 27.9 Å². The predicted octanol–water partition coefficient (Wildman–Crippen LogP) is 10.6. The monoisotopic (exact) mass is 931 g/mol. The summed E-state index contributed by atoms with van der Waals surface area (Å²) in [5.41, 5.74) is 16.5. The fourth-order valence-corrected chi connectivity index (χ4v) is 9.94. The van der Waals surface area contributed by atoms with Crippen molar-refractivity contribution in [1.82, 2.24) is 29.7 Å². The average molecular weight is 931 g/mol. The van der Waals surface area contributed by atoms with E-state index >= 15 is 0 Å². The molecule has 2 aliphatic rings. The lowest BCUT2D eigenvalue weighted by Crippen LogP contribution is -2.46. The van der Waals surface area contributed by atoms with Crippen LogP contribution in [0.15, 0.2) is 134 Å². The van der Waals surface area contributed by atoms with Gasteiger partial charge < -0.3 is 30.2 Å². The minimum absolute atomic E-state index is 0.184. The quantitative estimate of drug-likeness (QED) is 0.137. The van der Waals surface area contributed by atoms with Crippen molar-refractivity contribution in [3.05, 3.63) is 167 Å². The standard InChI is InChI=1S/2C29H31N5O/c1-4-33-15-17-34(18-16-33)23-10-6-9-22(19-23)32-29(35)25-12-11-24(27-28(25)31-14-13-30-27)26-20(2)7-5-8-21(26)3;1-4-33-16-18-34(19-17-33)23-10-8-22(9-11-23)32-29(35)25-13-12-24(27-28(25)31-15-14-30-27)26-20(2)6-5-7-21(26)3/h5-14,19H,4,15-18H2,1-3H3,(H,32,35);5-15H,4,16-19H2,1-3H3,(H,32,35). The van der Waals surface area contributed by atoms with Crippen molar-refractivity contribution in [3.8, 4) is 22.3 Å². The van der Waals surface area contributed by atoms with Gasteiger partial charge in [0.05, 0.1) is 22.2 Å². The van der Waals surface area contributed by atoms with Crippen molar-refractivity contribution in [2.24, 2.45) is 0 Å². The molecule has 4 heterocycles. The number of nitrogens with one attached hydrogen (secondary N) is 2. The molecule has 0 aliphatic carbocycles. The Morgan fingerprint density at radius 3 is 1.29 bits per heavy atom. The van der Waals surface area contributed by atoms with Crippen LogP contribution < -0.4 is 20.4 Å². The van der Waals surface area contributed by atoms with Crippen molar-refractivity contribution in [1.29, 1.82) is 0 Å². The maximum absolute atomic E-state index is 13.4. The van der Waals surface area contributed by atoms with Crippen LogP contribution in [0.5, 0.6) is 0 Å². The molecule has 2 N–H and O–H groups in total. The van der Waals surface area contributed by atoms with Gasteiger partial charge in [-0.15, -0.1) is 0 Å². The van der Waals surface area contributed by atoms with E-state index in [0.29, 0.717) is 22.2 Å². The summed E-state index contributed by atoms with van der Waals surface area (Å²) >= 11 is 0. The topological polar surface area (TPSA) is 123 Å². The Morgan fingerprint density at radius 2 is 0.843 bits per heavy atom. The molecule has 0 unspecified atom stereocenters. The van der Waals surface area contributed by atoms with Crippen LogP contribution >= 0.6 is 0 Å². The molecule has 8 aromatic rings. The molecule has 2 aromatic heterocycles. The minimum atomic E-state index is -0.187. The van der Waals surface area contributed by atoms with E-state index in [-0.39, 0.29) is 11.8 Å². The lowest BCUT2D eigenvalue weighted by Gasteiger charge is -2.35. The van der Waals surface area contributed by atoms with Crippen LogP contribution in [0.1, 0.15) is 56.8 Å². The van der Waals surface area contributed by atoms with Crippen LogP contribution in [0.25, 0.3) is 44.3 Å². The summed E-state index contributed by atoms with van der Waals surface area (Å²) in [4.78, 5) is 54.7. The molecule has 12 heteroatoms. The number of anilines is 4. The number of amides is 2. The Balaban J connectivity index is 0.000000174. The molecule has 0 atom stereocenters. The molecule has 2 fully saturated rings. The van der Waals surface area contributed by atoms with E-state index in [1.807, 2.05) is 48.5 Å². The lowest BCUT2D eigenvalue weighted by atomic mass is 9.93. The summed E-state index contributed by atoms with van der Waals surface area (Å²) in [5.74, 6) is -0.371. The molecule has 0 spiro atoms. The first-order valence-corrected chi connectivity index (χ1v) is 24.5. The normalized spacial score (nSPS) is 14.3. The van der Waals surface area contributed by atoms with Gasteiger partial charge in [0.25, 0.3) is 11.8 Å². The van der Waals surface area contributed by atoms with Crippen LogP contribution in [-0.4, -0.2) is 107 Å². The molecular formula is C58H62N10O2. The third-order valence-corrected chi connectivity index (χ3v) is 13.8. The van der Waals surface area contributed by atoms with Gasteiger partial charge in [-0.3, -0.25) is 29.5 Å². The summed E-state index contributed by atoms with van der Waals surface area (Å²) in [7, 11) is 0. The number of fused-ring (bicyclic) bond motifs is 2. The minimum Gasteiger partial charge on any atom is -0.369 e. The molecule has 0 bridgehead atoms. The van der Waals surface area contributed by atoms with Crippen LogP contribution in [0, 0.1) is 27.7 Å². The molecule has 356 valence electrons. The van der Waals surface area contributed by atoms with Crippen LogP contribution in [-0.2, 0) is 0 Å². The first-order valence-electron chi connectivity index (χ1n) is 24.5. The Morgan fingerprint density at radius 1 is 0.443 bits per heavy atom. The summed E-state index contributed by atoms with van der Waals surface area (Å²) in [6.07, 6.45) is 6.65. The number of piperazine rings is 2. The zero-order valence-corrected chi connectivity index (χ0v) is 41.2. The van der Waals surface area contributed by atoms with Gasteiger partial charge in [0.2, 0.25) is 0 Å². The lowest BCUT2D eigenvalue weighted by molar-refractivity contribution is 0.102. The molecule has 6 aromatic carbocycles. The summed E-state index contributed by atoms with van der Waals surface area (Å²) in [5, 5.41) is 6.13. The zero-order valence-electron chi connectivity index (χ0n) is 41.2. The number of aromatic nitrogens is 4. The highest BCUT2D eigenvalue weighted by atomic mass is 16.2. The Hall–Kier alpha value is -7.54. The smallest absolute Gasteiger partial charge is 0.257 e. The van der Waals surface area contributed by atoms with Crippen LogP contribution in [0.4, 0.5) is 22.7 Å². The van der Waals surface area contributed by atoms with Crippen LogP contribution in [0.3, 0.4) is 0 Å². The largest absolute Gasteiger partial charge is 0.369 e. The van der Waals surface area contributed by atoms with E-state index in [1.54, 1.807) is 24.8 Å². The maximum Gasteiger partial charge on any atom is 0.257 e. The number of benzene rings is 6. The fraction of sp³-hybridized carbons (Fsp3) is 0.276. The summed E-state index contributed by atoms with van der Waals surface area (Å²) < 4.78 is 0. The van der Waals surface area contributed by atoms with Gasteiger partial charge in [-0.25, -0.2) is 0 Å². The van der Waals surface area contributed by atoms with Crippen molar-refractivity contribution in [3.63, 3.8) is 0 Å². The first kappa shape index (κ1) is 47.5. The van der Waals surface area contributed by atoms with Crippen LogP contribution in [0.2, 0.25) is 0 Å². The molecule has 0 saturated carbocycles. The van der Waals surface area contributed by atoms with Gasteiger partial charge in [-0.1, -0.05) is 68.4 Å². The zero-order chi connectivity index (χ0) is 48.7. The number of carbonyl (C=O) groups is 2. The molecule has 10 rings (SSSR count). The van der Waals surface area contributed by atoms with Gasteiger partial charge in [0.15, 0.2) is 0 Å². The van der Waals surface area contributed by atoms with E-state index in [9.17, 15) is 9.59 Å². The third-order valence-electron chi connectivity index (χ3n) is 13.8. The molecular weight excluding hydrogens is 869 g/mol. The van der Waals surface area contributed by atoms with Crippen molar-refractivity contribution < 1.29 is 9.59 Å². The van der Waals surface area contributed by atoms with E-state index in [2.05, 4.69) is 152 Å². The highest BCUT2D eigenvalue weighted by molar-refractivity contribution is 6.14. The van der Waals surface area contributed by atoms with Gasteiger partial charge >= 0.3 is 0 Å². The summed E-state index contributed by atoms with van der Waals surface area (Å²) in [6, 6.07) is 36.4. The average Bonchev–Trinajstić information content (AvgIpc) is 3.39. The Kier molecular flexibility index (Phi) is 14.5. The molecule has 2 aliphatic heterocycles. The van der Waals surface area contributed by atoms with E-state index in [0.717, 1.165) is 116 Å². The van der Waals surface area contributed by atoms with Crippen molar-refractivity contribution in [2.75, 3.05) is 85.9 Å². The molecule has 12 nitrogen and oxygen atoms in total. The number of carbonyl (C=O) groups excluding carboxylic acids is 2. The van der Waals surface area contributed by atoms with Gasteiger partial charge in [0, 0.05) is 111 Å². The Labute approximate surface area is 411 Å². The predicted molar refractivity (Wildman–Crippen MR) is 286 cm³/mol. The van der Waals surface area contributed by atoms with E-state index < -0.39 is 0 Å². The summed E-state index contributed by atoms with van der Waals surface area (Å²) in [6.45, 7) is 23.3. The highest BCUT2D eigenvalue weighted by Crippen LogP contribution is 2.35. The second-order valence-corrected chi connectivity index (χ2v) is 18.2. The number of likely N-dealkylation sites (N-methyl/N-ethyl adjacent to an activating group) is 2. The third kappa shape index (κ3) is 10.2. The maximum atomic E-state index is 13.4. The Bertz CT molecular complexity index is 3120. The molecule has 2 amide bonds.